The minimum absolute atomic E-state index is 0.0181. The van der Waals surface area contributed by atoms with Crippen LogP contribution in [0.1, 0.15) is 10.5 Å². The zero-order chi connectivity index (χ0) is 10.7. The lowest BCUT2D eigenvalue weighted by molar-refractivity contribution is 0.0593. The van der Waals surface area contributed by atoms with E-state index in [-0.39, 0.29) is 21.6 Å². The normalized spacial score (nSPS) is 9.71. The van der Waals surface area contributed by atoms with Gasteiger partial charge >= 0.3 is 5.97 Å². The van der Waals surface area contributed by atoms with E-state index in [1.54, 1.807) is 0 Å². The lowest BCUT2D eigenvalue weighted by Crippen LogP contribution is -2.06. The zero-order valence-electron chi connectivity index (χ0n) is 7.51. The molecule has 0 radical (unpaired) electrons. The predicted octanol–water partition coefficient (Wildman–Crippen LogP) is 2.18. The molecule has 1 rings (SSSR count). The molecule has 1 aromatic rings. The van der Waals surface area contributed by atoms with Crippen LogP contribution in [0.2, 0.25) is 10.0 Å². The second-order valence-corrected chi connectivity index (χ2v) is 3.12. The Hall–Kier alpha value is -1.00. The molecule has 0 atom stereocenters. The molecule has 1 aromatic heterocycles. The van der Waals surface area contributed by atoms with Crippen molar-refractivity contribution < 1.29 is 14.3 Å². The topological polar surface area (TPSA) is 48.4 Å². The van der Waals surface area contributed by atoms with Gasteiger partial charge in [0.15, 0.2) is 5.69 Å². The van der Waals surface area contributed by atoms with E-state index in [2.05, 4.69) is 9.72 Å². The van der Waals surface area contributed by atoms with Gasteiger partial charge in [-0.15, -0.1) is 0 Å². The first-order valence-corrected chi connectivity index (χ1v) is 4.34. The molecule has 0 aromatic carbocycles. The van der Waals surface area contributed by atoms with Crippen LogP contribution in [0.5, 0.6) is 5.88 Å². The second kappa shape index (κ2) is 4.48. The summed E-state index contributed by atoms with van der Waals surface area (Å²) < 4.78 is 9.30. The summed E-state index contributed by atoms with van der Waals surface area (Å²) in [5.74, 6) is -0.499. The van der Waals surface area contributed by atoms with Crippen LogP contribution >= 0.6 is 23.2 Å². The summed E-state index contributed by atoms with van der Waals surface area (Å²) in [7, 11) is 2.63. The number of hydrogen-bond acceptors (Lipinski definition) is 4. The van der Waals surface area contributed by atoms with Gasteiger partial charge in [-0.2, -0.15) is 0 Å². The summed E-state index contributed by atoms with van der Waals surface area (Å²) in [4.78, 5) is 14.9. The fourth-order valence-corrected chi connectivity index (χ4v) is 1.35. The van der Waals surface area contributed by atoms with Crippen LogP contribution in [-0.2, 0) is 4.74 Å². The number of halogens is 2. The molecule has 4 nitrogen and oxygen atoms in total. The molecule has 0 amide bonds. The highest BCUT2D eigenvalue weighted by atomic mass is 35.5. The van der Waals surface area contributed by atoms with Gasteiger partial charge in [-0.3, -0.25) is 0 Å². The highest BCUT2D eigenvalue weighted by Crippen LogP contribution is 2.27. The van der Waals surface area contributed by atoms with Gasteiger partial charge in [0.1, 0.15) is 5.02 Å². The third-order valence-electron chi connectivity index (χ3n) is 1.47. The quantitative estimate of drug-likeness (QED) is 0.738. The van der Waals surface area contributed by atoms with Crippen LogP contribution < -0.4 is 4.74 Å². The number of carbonyl (C=O) groups is 1. The Kier molecular flexibility index (Phi) is 3.55. The molecule has 0 N–H and O–H groups in total. The molecule has 0 spiro atoms. The summed E-state index contributed by atoms with van der Waals surface area (Å²) in [6.07, 6.45) is 0. The average Bonchev–Trinajstić information content (AvgIpc) is 2.17. The number of nitrogens with zero attached hydrogens (tertiary/aromatic N) is 1. The second-order valence-electron chi connectivity index (χ2n) is 2.30. The number of ether oxygens (including phenoxy) is 2. The van der Waals surface area contributed by atoms with Crippen LogP contribution in [0.25, 0.3) is 0 Å². The molecule has 0 aliphatic rings. The molecule has 0 aliphatic carbocycles. The van der Waals surface area contributed by atoms with E-state index in [1.807, 2.05) is 0 Å². The highest BCUT2D eigenvalue weighted by Gasteiger charge is 2.16. The van der Waals surface area contributed by atoms with Gasteiger partial charge in [0.25, 0.3) is 0 Å². The largest absolute Gasteiger partial charge is 0.480 e. The molecule has 0 unspecified atom stereocenters. The molecular weight excluding hydrogens is 229 g/mol. The van der Waals surface area contributed by atoms with Crippen molar-refractivity contribution >= 4 is 29.2 Å². The maximum Gasteiger partial charge on any atom is 0.358 e. The van der Waals surface area contributed by atoms with Crippen molar-refractivity contribution in [1.29, 1.82) is 0 Å². The van der Waals surface area contributed by atoms with E-state index in [9.17, 15) is 4.79 Å². The average molecular weight is 236 g/mol. The molecule has 14 heavy (non-hydrogen) atoms. The molecule has 1 heterocycles. The number of aromatic nitrogens is 1. The van der Waals surface area contributed by atoms with Gasteiger partial charge in [-0.05, 0) is 6.07 Å². The third-order valence-corrected chi connectivity index (χ3v) is 2.03. The fraction of sp³-hybridized carbons (Fsp3) is 0.250. The van der Waals surface area contributed by atoms with Gasteiger partial charge in [0.2, 0.25) is 5.88 Å². The van der Waals surface area contributed by atoms with Crippen molar-refractivity contribution in [3.63, 3.8) is 0 Å². The summed E-state index contributed by atoms with van der Waals surface area (Å²) in [5, 5.41) is 0.368. The first-order chi connectivity index (χ1) is 6.60. The number of carbonyl (C=O) groups excluding carboxylic acids is 1. The van der Waals surface area contributed by atoms with Crippen molar-refractivity contribution in [2.45, 2.75) is 0 Å². The molecule has 0 saturated heterocycles. The van der Waals surface area contributed by atoms with Crippen molar-refractivity contribution in [2.75, 3.05) is 14.2 Å². The lowest BCUT2D eigenvalue weighted by Gasteiger charge is -2.05. The fourth-order valence-electron chi connectivity index (χ4n) is 0.833. The van der Waals surface area contributed by atoms with E-state index < -0.39 is 5.97 Å². The maximum atomic E-state index is 11.1. The number of hydrogen-bond donors (Lipinski definition) is 0. The van der Waals surface area contributed by atoms with Crippen LogP contribution in [0, 0.1) is 0 Å². The highest BCUT2D eigenvalue weighted by molar-refractivity contribution is 6.36. The Balaban J connectivity index is 3.24. The summed E-state index contributed by atoms with van der Waals surface area (Å²) in [5.41, 5.74) is -0.0181. The SMILES string of the molecule is COC(=O)c1nc(OC)c(Cl)cc1Cl. The summed E-state index contributed by atoms with van der Waals surface area (Å²) >= 11 is 11.5. The number of esters is 1. The molecule has 76 valence electrons. The van der Waals surface area contributed by atoms with Gasteiger partial charge in [0, 0.05) is 0 Å². The van der Waals surface area contributed by atoms with Crippen molar-refractivity contribution in [2.24, 2.45) is 0 Å². The van der Waals surface area contributed by atoms with Crippen molar-refractivity contribution in [3.8, 4) is 5.88 Å². The van der Waals surface area contributed by atoms with Gasteiger partial charge in [-0.25, -0.2) is 9.78 Å². The Morgan fingerprint density at radius 1 is 1.36 bits per heavy atom. The Bertz CT molecular complexity index is 368. The van der Waals surface area contributed by atoms with Gasteiger partial charge in [0.05, 0.1) is 19.2 Å². The monoisotopic (exact) mass is 235 g/mol. The third kappa shape index (κ3) is 2.08. The van der Waals surface area contributed by atoms with Gasteiger partial charge in [-0.1, -0.05) is 23.2 Å². The Morgan fingerprint density at radius 2 is 2.00 bits per heavy atom. The van der Waals surface area contributed by atoms with E-state index in [0.717, 1.165) is 0 Å². The number of rotatable bonds is 2. The van der Waals surface area contributed by atoms with Crippen LogP contribution in [0.4, 0.5) is 0 Å². The standard InChI is InChI=1S/C8H7Cl2NO3/c1-13-7-5(10)3-4(9)6(11-7)8(12)14-2/h3H,1-2H3. The first kappa shape index (κ1) is 11.1. The van der Waals surface area contributed by atoms with Gasteiger partial charge < -0.3 is 9.47 Å². The zero-order valence-corrected chi connectivity index (χ0v) is 9.02. The molecule has 0 fully saturated rings. The molecule has 0 bridgehead atoms. The summed E-state index contributed by atoms with van der Waals surface area (Å²) in [6, 6.07) is 1.38. The molecular formula is C8H7Cl2NO3. The Morgan fingerprint density at radius 3 is 2.50 bits per heavy atom. The minimum Gasteiger partial charge on any atom is -0.480 e. The van der Waals surface area contributed by atoms with Crippen LogP contribution in [0.3, 0.4) is 0 Å². The maximum absolute atomic E-state index is 11.1. The van der Waals surface area contributed by atoms with E-state index in [0.29, 0.717) is 0 Å². The van der Waals surface area contributed by atoms with Crippen molar-refractivity contribution in [1.82, 2.24) is 4.98 Å². The van der Waals surface area contributed by atoms with E-state index in [1.165, 1.54) is 20.3 Å². The van der Waals surface area contributed by atoms with E-state index >= 15 is 0 Å². The van der Waals surface area contributed by atoms with E-state index in [4.69, 9.17) is 27.9 Å². The molecule has 0 saturated carbocycles. The van der Waals surface area contributed by atoms with Crippen molar-refractivity contribution in [3.05, 3.63) is 21.8 Å². The number of methoxy groups -OCH3 is 2. The predicted molar refractivity (Wildman–Crippen MR) is 52.1 cm³/mol. The number of pyridine rings is 1. The smallest absolute Gasteiger partial charge is 0.358 e. The Labute approximate surface area is 90.7 Å². The first-order valence-electron chi connectivity index (χ1n) is 3.58. The van der Waals surface area contributed by atoms with Crippen LogP contribution in [0.15, 0.2) is 6.07 Å². The lowest BCUT2D eigenvalue weighted by atomic mass is 10.3. The minimum atomic E-state index is -0.634. The summed E-state index contributed by atoms with van der Waals surface area (Å²) in [6.45, 7) is 0. The molecule has 0 aliphatic heterocycles. The molecule has 6 heteroatoms. The van der Waals surface area contributed by atoms with Crippen LogP contribution in [-0.4, -0.2) is 25.2 Å².